The number of aryl methyl sites for hydroxylation is 1. The van der Waals surface area contributed by atoms with Gasteiger partial charge in [-0.1, -0.05) is 31.0 Å². The smallest absolute Gasteiger partial charge is 0.254 e. The Morgan fingerprint density at radius 3 is 2.59 bits per heavy atom. The van der Waals surface area contributed by atoms with E-state index in [0.717, 1.165) is 12.0 Å². The Balaban J connectivity index is 1.73. The molecule has 0 spiro atoms. The maximum atomic E-state index is 13.4. The first-order chi connectivity index (χ1) is 12.8. The monoisotopic (exact) mass is 380 g/mol. The van der Waals surface area contributed by atoms with E-state index in [2.05, 4.69) is 11.8 Å². The summed E-state index contributed by atoms with van der Waals surface area (Å²) in [4.78, 5) is 16.9. The number of piperidine rings is 1. The minimum atomic E-state index is -2.56. The Kier molecular flexibility index (Phi) is 6.16. The molecule has 0 aliphatic carbocycles. The molecule has 3 rings (SSSR count). The van der Waals surface area contributed by atoms with Crippen LogP contribution in [0.25, 0.3) is 0 Å². The van der Waals surface area contributed by atoms with Gasteiger partial charge in [0, 0.05) is 44.6 Å². The summed E-state index contributed by atoms with van der Waals surface area (Å²) in [7, 11) is 0. The van der Waals surface area contributed by atoms with Crippen LogP contribution >= 0.6 is 0 Å². The van der Waals surface area contributed by atoms with E-state index in [4.69, 9.17) is 0 Å². The summed E-state index contributed by atoms with van der Waals surface area (Å²) in [5.41, 5.74) is 1.67. The molecular weight excluding hydrogens is 350 g/mol. The molecule has 6 heteroatoms. The first-order valence-corrected chi connectivity index (χ1v) is 9.93. The predicted octanol–water partition coefficient (Wildman–Crippen LogP) is 3.19. The molecule has 1 N–H and O–H groups in total. The van der Waals surface area contributed by atoms with Crippen molar-refractivity contribution in [2.24, 2.45) is 11.8 Å². The minimum Gasteiger partial charge on any atom is -0.394 e. The third-order valence-corrected chi connectivity index (χ3v) is 6.23. The first-order valence-electron chi connectivity index (χ1n) is 9.93. The number of rotatable bonds is 5. The Labute approximate surface area is 160 Å². The second-order valence-corrected chi connectivity index (χ2v) is 8.07. The highest BCUT2D eigenvalue weighted by atomic mass is 19.3. The van der Waals surface area contributed by atoms with E-state index in [1.807, 2.05) is 31.2 Å². The molecule has 27 heavy (non-hydrogen) atoms. The van der Waals surface area contributed by atoms with Crippen LogP contribution in [-0.4, -0.2) is 65.6 Å². The molecule has 150 valence electrons. The van der Waals surface area contributed by atoms with Gasteiger partial charge in [0.05, 0.1) is 12.6 Å². The maximum Gasteiger partial charge on any atom is 0.254 e. The zero-order valence-electron chi connectivity index (χ0n) is 16.2. The fraction of sp³-hybridized carbons (Fsp3) is 0.667. The number of hydrogen-bond donors (Lipinski definition) is 1. The van der Waals surface area contributed by atoms with Gasteiger partial charge in [-0.25, -0.2) is 8.78 Å². The van der Waals surface area contributed by atoms with Crippen LogP contribution in [0, 0.1) is 18.8 Å². The van der Waals surface area contributed by atoms with Crippen molar-refractivity contribution in [3.05, 3.63) is 35.4 Å². The summed E-state index contributed by atoms with van der Waals surface area (Å²) in [6.07, 6.45) is 0.696. The number of amides is 1. The molecule has 2 aliphatic rings. The fourth-order valence-corrected chi connectivity index (χ4v) is 4.54. The van der Waals surface area contributed by atoms with Gasteiger partial charge in [0.1, 0.15) is 0 Å². The first kappa shape index (κ1) is 20.2. The molecule has 0 saturated carbocycles. The number of benzene rings is 1. The normalized spacial score (nSPS) is 28.5. The maximum absolute atomic E-state index is 13.4. The van der Waals surface area contributed by atoms with Crippen molar-refractivity contribution in [1.82, 2.24) is 9.80 Å². The Morgan fingerprint density at radius 2 is 2.00 bits per heavy atom. The average Bonchev–Trinajstić information content (AvgIpc) is 3.00. The highest BCUT2D eigenvalue weighted by Gasteiger charge is 2.44. The van der Waals surface area contributed by atoms with E-state index in [-0.39, 0.29) is 43.2 Å². The lowest BCUT2D eigenvalue weighted by Crippen LogP contribution is -2.46. The van der Waals surface area contributed by atoms with Crippen LogP contribution in [0.4, 0.5) is 8.78 Å². The van der Waals surface area contributed by atoms with Crippen molar-refractivity contribution in [1.29, 1.82) is 0 Å². The molecule has 0 radical (unpaired) electrons. The molecule has 1 aromatic rings. The third-order valence-electron chi connectivity index (χ3n) is 6.23. The Bertz CT molecular complexity index is 657. The topological polar surface area (TPSA) is 43.8 Å². The van der Waals surface area contributed by atoms with E-state index >= 15 is 0 Å². The van der Waals surface area contributed by atoms with E-state index < -0.39 is 5.92 Å². The van der Waals surface area contributed by atoms with Crippen molar-refractivity contribution in [2.45, 2.75) is 45.1 Å². The van der Waals surface area contributed by atoms with Gasteiger partial charge in [-0.05, 0) is 30.9 Å². The van der Waals surface area contributed by atoms with Crippen molar-refractivity contribution in [2.75, 3.05) is 32.8 Å². The summed E-state index contributed by atoms with van der Waals surface area (Å²) in [5.74, 6) is -2.22. The van der Waals surface area contributed by atoms with Crippen LogP contribution in [-0.2, 0) is 0 Å². The molecule has 2 aliphatic heterocycles. The molecule has 2 heterocycles. The number of alkyl halides is 2. The lowest BCUT2D eigenvalue weighted by Gasteiger charge is -2.36. The standard InChI is InChI=1S/C21H30F2N2O2/c1-3-16-12-25(20(27)17-6-4-5-15(2)11-17)19(14-26)18(16)13-24-9-7-21(22,23)8-10-24/h4-6,11,16,18-19,26H,3,7-10,12-14H2,1-2H3/t16-,18-,19-/m1/s1. The number of hydrogen-bond acceptors (Lipinski definition) is 3. The number of halogens is 2. The number of likely N-dealkylation sites (tertiary alicyclic amines) is 2. The summed E-state index contributed by atoms with van der Waals surface area (Å²) < 4.78 is 26.9. The number of aliphatic hydroxyl groups excluding tert-OH is 1. The molecule has 0 bridgehead atoms. The van der Waals surface area contributed by atoms with Crippen LogP contribution in [0.2, 0.25) is 0 Å². The zero-order chi connectivity index (χ0) is 19.6. The van der Waals surface area contributed by atoms with E-state index in [0.29, 0.717) is 31.7 Å². The van der Waals surface area contributed by atoms with Gasteiger partial charge in [0.25, 0.3) is 11.8 Å². The van der Waals surface area contributed by atoms with Gasteiger partial charge in [-0.3, -0.25) is 4.79 Å². The molecule has 3 atom stereocenters. The minimum absolute atomic E-state index is 0.0520. The second-order valence-electron chi connectivity index (χ2n) is 8.07. The fourth-order valence-electron chi connectivity index (χ4n) is 4.54. The SMILES string of the molecule is CC[C@@H]1CN(C(=O)c2cccc(C)c2)[C@H](CO)[C@@H]1CN1CCC(F)(F)CC1. The van der Waals surface area contributed by atoms with Gasteiger partial charge in [0.15, 0.2) is 0 Å². The highest BCUT2D eigenvalue weighted by Crippen LogP contribution is 2.35. The number of carbonyl (C=O) groups excluding carboxylic acids is 1. The lowest BCUT2D eigenvalue weighted by atomic mass is 9.87. The van der Waals surface area contributed by atoms with Crippen LogP contribution in [0.1, 0.15) is 42.1 Å². The van der Waals surface area contributed by atoms with E-state index in [1.54, 1.807) is 4.90 Å². The molecule has 4 nitrogen and oxygen atoms in total. The third kappa shape index (κ3) is 4.49. The van der Waals surface area contributed by atoms with E-state index in [1.165, 1.54) is 0 Å². The number of aliphatic hydroxyl groups is 1. The van der Waals surface area contributed by atoms with Gasteiger partial charge < -0.3 is 14.9 Å². The summed E-state index contributed by atoms with van der Waals surface area (Å²) in [5, 5.41) is 10.1. The number of nitrogens with zero attached hydrogens (tertiary/aromatic N) is 2. The molecule has 2 fully saturated rings. The van der Waals surface area contributed by atoms with Crippen molar-refractivity contribution in [3.63, 3.8) is 0 Å². The average molecular weight is 380 g/mol. The largest absolute Gasteiger partial charge is 0.394 e. The van der Waals surface area contributed by atoms with Crippen molar-refractivity contribution in [3.8, 4) is 0 Å². The van der Waals surface area contributed by atoms with E-state index in [9.17, 15) is 18.7 Å². The van der Waals surface area contributed by atoms with Crippen LogP contribution in [0.15, 0.2) is 24.3 Å². The van der Waals surface area contributed by atoms with Crippen LogP contribution < -0.4 is 0 Å². The van der Waals surface area contributed by atoms with Crippen LogP contribution in [0.5, 0.6) is 0 Å². The summed E-state index contributed by atoms with van der Waals surface area (Å²) in [6.45, 7) is 5.99. The van der Waals surface area contributed by atoms with Crippen molar-refractivity contribution >= 4 is 5.91 Å². The Morgan fingerprint density at radius 1 is 1.30 bits per heavy atom. The molecule has 1 aromatic carbocycles. The van der Waals surface area contributed by atoms with Gasteiger partial charge in [0.2, 0.25) is 0 Å². The van der Waals surface area contributed by atoms with Gasteiger partial charge in [-0.2, -0.15) is 0 Å². The van der Waals surface area contributed by atoms with Gasteiger partial charge in [-0.15, -0.1) is 0 Å². The zero-order valence-corrected chi connectivity index (χ0v) is 16.2. The number of carbonyl (C=O) groups is 1. The predicted molar refractivity (Wildman–Crippen MR) is 101 cm³/mol. The van der Waals surface area contributed by atoms with Crippen LogP contribution in [0.3, 0.4) is 0 Å². The molecule has 0 aromatic heterocycles. The second kappa shape index (κ2) is 8.23. The molecule has 0 unspecified atom stereocenters. The summed E-state index contributed by atoms with van der Waals surface area (Å²) >= 11 is 0. The molecular formula is C21H30F2N2O2. The molecule has 1 amide bonds. The summed E-state index contributed by atoms with van der Waals surface area (Å²) in [6, 6.07) is 7.25. The van der Waals surface area contributed by atoms with Crippen molar-refractivity contribution < 1.29 is 18.7 Å². The molecule has 2 saturated heterocycles. The lowest BCUT2D eigenvalue weighted by molar-refractivity contribution is -0.0591. The Hall–Kier alpha value is -1.53. The highest BCUT2D eigenvalue weighted by molar-refractivity contribution is 5.94. The van der Waals surface area contributed by atoms with Gasteiger partial charge >= 0.3 is 0 Å². The quantitative estimate of drug-likeness (QED) is 0.853.